The van der Waals surface area contributed by atoms with Crippen LogP contribution in [0.15, 0.2) is 30.3 Å². The normalized spacial score (nSPS) is 22.3. The Morgan fingerprint density at radius 2 is 2.00 bits per heavy atom. The van der Waals surface area contributed by atoms with E-state index in [1.54, 1.807) is 0 Å². The van der Waals surface area contributed by atoms with E-state index in [0.717, 1.165) is 19.5 Å². The molecule has 3 nitrogen and oxygen atoms in total. The molecular formula is C15H21NO2. The highest BCUT2D eigenvalue weighted by Gasteiger charge is 2.34. The first-order chi connectivity index (χ1) is 8.59. The molecule has 3 heteroatoms. The minimum atomic E-state index is -0.696. The van der Waals surface area contributed by atoms with Gasteiger partial charge in [-0.2, -0.15) is 0 Å². The molecule has 0 saturated carbocycles. The number of rotatable bonds is 4. The zero-order valence-electron chi connectivity index (χ0n) is 11.0. The summed E-state index contributed by atoms with van der Waals surface area (Å²) in [5.41, 5.74) is 1.33. The number of hydrogen-bond donors (Lipinski definition) is 1. The van der Waals surface area contributed by atoms with E-state index in [9.17, 15) is 9.90 Å². The van der Waals surface area contributed by atoms with Crippen molar-refractivity contribution < 1.29 is 9.90 Å². The van der Waals surface area contributed by atoms with Gasteiger partial charge in [-0.3, -0.25) is 9.69 Å². The summed E-state index contributed by atoms with van der Waals surface area (Å²) in [4.78, 5) is 13.4. The molecule has 0 spiro atoms. The lowest BCUT2D eigenvalue weighted by molar-refractivity contribution is -0.144. The molecule has 1 unspecified atom stereocenters. The summed E-state index contributed by atoms with van der Waals surface area (Å²) in [6.45, 7) is 5.71. The first kappa shape index (κ1) is 13.1. The Bertz CT molecular complexity index is 402. The lowest BCUT2D eigenvalue weighted by Crippen LogP contribution is -2.43. The van der Waals surface area contributed by atoms with Gasteiger partial charge in [-0.1, -0.05) is 44.2 Å². The van der Waals surface area contributed by atoms with Gasteiger partial charge in [-0.25, -0.2) is 0 Å². The fraction of sp³-hybridized carbons (Fsp3) is 0.533. The molecule has 1 heterocycles. The van der Waals surface area contributed by atoms with Crippen LogP contribution < -0.4 is 0 Å². The van der Waals surface area contributed by atoms with Gasteiger partial charge < -0.3 is 5.11 Å². The van der Waals surface area contributed by atoms with Crippen molar-refractivity contribution in [2.75, 3.05) is 13.1 Å². The van der Waals surface area contributed by atoms with Crippen LogP contribution in [-0.2, 0) is 4.79 Å². The minimum absolute atomic E-state index is 0.150. The second-order valence-electron chi connectivity index (χ2n) is 5.42. The lowest BCUT2D eigenvalue weighted by Gasteiger charge is -2.27. The van der Waals surface area contributed by atoms with E-state index in [2.05, 4.69) is 29.2 Å². The third-order valence-electron chi connectivity index (χ3n) is 3.77. The third kappa shape index (κ3) is 2.72. The summed E-state index contributed by atoms with van der Waals surface area (Å²) in [5, 5.41) is 9.32. The van der Waals surface area contributed by atoms with Crippen LogP contribution in [0.4, 0.5) is 0 Å². The molecule has 1 saturated heterocycles. The standard InChI is InChI=1S/C15H21NO2/c1-11(2)14(15(17)18)16-9-8-13(10-16)12-6-4-3-5-7-12/h3-7,11,13-14H,8-10H2,1-2H3,(H,17,18)/t13?,14-/m1/s1. The summed E-state index contributed by atoms with van der Waals surface area (Å²) in [7, 11) is 0. The Balaban J connectivity index is 2.06. The van der Waals surface area contributed by atoms with Gasteiger partial charge in [0.1, 0.15) is 6.04 Å². The van der Waals surface area contributed by atoms with Crippen LogP contribution in [-0.4, -0.2) is 35.1 Å². The molecule has 1 aliphatic rings. The minimum Gasteiger partial charge on any atom is -0.480 e. The molecule has 98 valence electrons. The maximum Gasteiger partial charge on any atom is 0.321 e. The number of benzene rings is 1. The largest absolute Gasteiger partial charge is 0.480 e. The molecular weight excluding hydrogens is 226 g/mol. The lowest BCUT2D eigenvalue weighted by atomic mass is 9.98. The van der Waals surface area contributed by atoms with E-state index in [4.69, 9.17) is 0 Å². The molecule has 1 aromatic rings. The molecule has 0 amide bonds. The zero-order chi connectivity index (χ0) is 13.1. The van der Waals surface area contributed by atoms with E-state index in [0.29, 0.717) is 5.92 Å². The van der Waals surface area contributed by atoms with Gasteiger partial charge in [-0.15, -0.1) is 0 Å². The highest BCUT2D eigenvalue weighted by atomic mass is 16.4. The zero-order valence-corrected chi connectivity index (χ0v) is 11.0. The van der Waals surface area contributed by atoms with Crippen LogP contribution in [0.3, 0.4) is 0 Å². The van der Waals surface area contributed by atoms with Gasteiger partial charge in [0.2, 0.25) is 0 Å². The van der Waals surface area contributed by atoms with Crippen molar-refractivity contribution in [1.82, 2.24) is 4.90 Å². The summed E-state index contributed by atoms with van der Waals surface area (Å²) in [6, 6.07) is 10.0. The number of likely N-dealkylation sites (tertiary alicyclic amines) is 1. The fourth-order valence-electron chi connectivity index (χ4n) is 2.90. The van der Waals surface area contributed by atoms with E-state index in [1.165, 1.54) is 5.56 Å². The average Bonchev–Trinajstić information content (AvgIpc) is 2.78. The Morgan fingerprint density at radius 1 is 1.33 bits per heavy atom. The Morgan fingerprint density at radius 3 is 2.56 bits per heavy atom. The maximum absolute atomic E-state index is 11.3. The van der Waals surface area contributed by atoms with Crippen molar-refractivity contribution >= 4 is 5.97 Å². The van der Waals surface area contributed by atoms with Gasteiger partial charge in [0.15, 0.2) is 0 Å². The SMILES string of the molecule is CC(C)[C@H](C(=O)O)N1CCC(c2ccccc2)C1. The first-order valence-electron chi connectivity index (χ1n) is 6.61. The van der Waals surface area contributed by atoms with Crippen molar-refractivity contribution in [3.8, 4) is 0 Å². The molecule has 1 aromatic carbocycles. The number of carboxylic acids is 1. The summed E-state index contributed by atoms with van der Waals surface area (Å²) < 4.78 is 0. The molecule has 0 aliphatic carbocycles. The highest BCUT2D eigenvalue weighted by Crippen LogP contribution is 2.29. The van der Waals surface area contributed by atoms with E-state index < -0.39 is 5.97 Å². The average molecular weight is 247 g/mol. The van der Waals surface area contributed by atoms with Crippen LogP contribution >= 0.6 is 0 Å². The topological polar surface area (TPSA) is 40.5 Å². The van der Waals surface area contributed by atoms with Crippen LogP contribution in [0.25, 0.3) is 0 Å². The smallest absolute Gasteiger partial charge is 0.321 e. The predicted octanol–water partition coefficient (Wildman–Crippen LogP) is 2.59. The van der Waals surface area contributed by atoms with Crippen LogP contribution in [0.5, 0.6) is 0 Å². The monoisotopic (exact) mass is 247 g/mol. The van der Waals surface area contributed by atoms with Crippen LogP contribution in [0.1, 0.15) is 31.7 Å². The van der Waals surface area contributed by atoms with E-state index in [1.807, 2.05) is 19.9 Å². The number of hydrogen-bond acceptors (Lipinski definition) is 2. The number of carbonyl (C=O) groups is 1. The van der Waals surface area contributed by atoms with Gasteiger partial charge in [0.05, 0.1) is 0 Å². The molecule has 0 aromatic heterocycles. The molecule has 2 rings (SSSR count). The van der Waals surface area contributed by atoms with E-state index >= 15 is 0 Å². The van der Waals surface area contributed by atoms with Gasteiger partial charge >= 0.3 is 5.97 Å². The summed E-state index contributed by atoms with van der Waals surface area (Å²) in [6.07, 6.45) is 1.06. The molecule has 0 radical (unpaired) electrons. The Labute approximate surface area is 108 Å². The van der Waals surface area contributed by atoms with Gasteiger partial charge in [0, 0.05) is 6.54 Å². The van der Waals surface area contributed by atoms with Crippen LogP contribution in [0.2, 0.25) is 0 Å². The van der Waals surface area contributed by atoms with Crippen molar-refractivity contribution in [2.24, 2.45) is 5.92 Å². The predicted molar refractivity (Wildman–Crippen MR) is 71.6 cm³/mol. The van der Waals surface area contributed by atoms with Gasteiger partial charge in [0.25, 0.3) is 0 Å². The Hall–Kier alpha value is -1.35. The Kier molecular flexibility index (Phi) is 4.02. The van der Waals surface area contributed by atoms with Crippen LogP contribution in [0, 0.1) is 5.92 Å². The molecule has 1 N–H and O–H groups in total. The quantitative estimate of drug-likeness (QED) is 0.889. The van der Waals surface area contributed by atoms with Crippen molar-refractivity contribution in [3.63, 3.8) is 0 Å². The van der Waals surface area contributed by atoms with Crippen molar-refractivity contribution in [1.29, 1.82) is 0 Å². The molecule has 2 atom stereocenters. The van der Waals surface area contributed by atoms with Gasteiger partial charge in [-0.05, 0) is 30.4 Å². The fourth-order valence-corrected chi connectivity index (χ4v) is 2.90. The van der Waals surface area contributed by atoms with Crippen molar-refractivity contribution in [2.45, 2.75) is 32.2 Å². The number of carboxylic acid groups (broad SMARTS) is 1. The maximum atomic E-state index is 11.3. The highest BCUT2D eigenvalue weighted by molar-refractivity contribution is 5.73. The second kappa shape index (κ2) is 5.53. The van der Waals surface area contributed by atoms with E-state index in [-0.39, 0.29) is 12.0 Å². The third-order valence-corrected chi connectivity index (χ3v) is 3.77. The molecule has 18 heavy (non-hydrogen) atoms. The summed E-state index contributed by atoms with van der Waals surface area (Å²) >= 11 is 0. The number of aliphatic carboxylic acids is 1. The molecule has 0 bridgehead atoms. The second-order valence-corrected chi connectivity index (χ2v) is 5.42. The summed E-state index contributed by atoms with van der Waals surface area (Å²) in [5.74, 6) is -0.0671. The van der Waals surface area contributed by atoms with Crippen molar-refractivity contribution in [3.05, 3.63) is 35.9 Å². The molecule has 1 fully saturated rings. The first-order valence-corrected chi connectivity index (χ1v) is 6.61. The number of nitrogens with zero attached hydrogens (tertiary/aromatic N) is 1. The molecule has 1 aliphatic heterocycles.